The van der Waals surface area contributed by atoms with E-state index in [-0.39, 0.29) is 0 Å². The van der Waals surface area contributed by atoms with Crippen LogP contribution >= 0.6 is 0 Å². The van der Waals surface area contributed by atoms with Crippen molar-refractivity contribution >= 4 is 17.5 Å². The Morgan fingerprint density at radius 1 is 0.667 bits per heavy atom. The molecule has 1 atom stereocenters. The van der Waals surface area contributed by atoms with Gasteiger partial charge in [-0.2, -0.15) is 0 Å². The molecule has 2 aromatic carbocycles. The Balaban J connectivity index is 1.81. The predicted octanol–water partition coefficient (Wildman–Crippen LogP) is 7.15. The zero-order chi connectivity index (χ0) is 23.9. The van der Waals surface area contributed by atoms with Crippen molar-refractivity contribution in [1.82, 2.24) is 0 Å². The van der Waals surface area contributed by atoms with Crippen LogP contribution in [0.1, 0.15) is 104 Å². The van der Waals surface area contributed by atoms with E-state index in [1.807, 2.05) is 12.1 Å². The second kappa shape index (κ2) is 15.2. The van der Waals surface area contributed by atoms with Gasteiger partial charge in [0.05, 0.1) is 0 Å². The number of hydrogen-bond donors (Lipinski definition) is 0. The fraction of sp³-hybridized carbons (Fsp3) is 0.483. The molecule has 0 aliphatic carbocycles. The number of ether oxygens (including phenoxy) is 1. The van der Waals surface area contributed by atoms with E-state index >= 15 is 0 Å². The maximum absolute atomic E-state index is 13.0. The van der Waals surface area contributed by atoms with Gasteiger partial charge < -0.3 is 4.74 Å². The molecule has 0 radical (unpaired) electrons. The fourth-order valence-electron chi connectivity index (χ4n) is 3.95. The van der Waals surface area contributed by atoms with Crippen molar-refractivity contribution in [2.45, 2.75) is 90.6 Å². The van der Waals surface area contributed by atoms with Crippen molar-refractivity contribution in [2.24, 2.45) is 0 Å². The Kier molecular flexibility index (Phi) is 12.2. The van der Waals surface area contributed by atoms with Crippen LogP contribution in [-0.2, 0) is 16.0 Å². The number of carbonyl (C=O) groups is 3. The second-order valence-corrected chi connectivity index (χ2v) is 8.71. The molecule has 0 saturated heterocycles. The molecule has 178 valence electrons. The lowest BCUT2D eigenvalue weighted by molar-refractivity contribution is -0.142. The number of hydrogen-bond acceptors (Lipinski definition) is 4. The summed E-state index contributed by atoms with van der Waals surface area (Å²) >= 11 is 0. The molecule has 2 aromatic rings. The summed E-state index contributed by atoms with van der Waals surface area (Å²) in [5, 5.41) is 0. The minimum Gasteiger partial charge on any atom is -0.446 e. The van der Waals surface area contributed by atoms with Crippen LogP contribution < -0.4 is 0 Å². The Bertz CT molecular complexity index is 855. The van der Waals surface area contributed by atoms with Gasteiger partial charge in [0.1, 0.15) is 0 Å². The highest BCUT2D eigenvalue weighted by molar-refractivity contribution is 6.19. The summed E-state index contributed by atoms with van der Waals surface area (Å²) in [6.45, 7) is 3.45. The van der Waals surface area contributed by atoms with Crippen molar-refractivity contribution < 1.29 is 19.1 Å². The van der Waals surface area contributed by atoms with E-state index in [0.717, 1.165) is 12.8 Å². The van der Waals surface area contributed by atoms with Crippen LogP contribution in [0.4, 0.5) is 0 Å². The topological polar surface area (TPSA) is 60.4 Å². The van der Waals surface area contributed by atoms with Crippen molar-refractivity contribution in [3.05, 3.63) is 71.3 Å². The van der Waals surface area contributed by atoms with Crippen LogP contribution in [0.25, 0.3) is 0 Å². The number of benzene rings is 2. The summed E-state index contributed by atoms with van der Waals surface area (Å²) < 4.78 is 5.11. The first-order valence-corrected chi connectivity index (χ1v) is 12.4. The Labute approximate surface area is 198 Å². The van der Waals surface area contributed by atoms with Crippen molar-refractivity contribution in [2.75, 3.05) is 0 Å². The number of Topliss-reactive ketones (excluding diaryl/α,β-unsaturated/α-hetero) is 2. The summed E-state index contributed by atoms with van der Waals surface area (Å²) in [6, 6.07) is 15.7. The third-order valence-corrected chi connectivity index (χ3v) is 5.88. The minimum atomic E-state index is -1.46. The van der Waals surface area contributed by atoms with E-state index in [4.69, 9.17) is 4.74 Å². The first kappa shape index (κ1) is 26.5. The lowest BCUT2D eigenvalue weighted by Gasteiger charge is -2.15. The second-order valence-electron chi connectivity index (χ2n) is 8.71. The summed E-state index contributed by atoms with van der Waals surface area (Å²) in [5.41, 5.74) is 1.89. The van der Waals surface area contributed by atoms with Crippen LogP contribution in [0.5, 0.6) is 0 Å². The largest absolute Gasteiger partial charge is 0.446 e. The number of unbranched alkanes of at least 4 members (excludes halogenated alkanes) is 9. The zero-order valence-corrected chi connectivity index (χ0v) is 20.2. The molecule has 0 amide bonds. The average Bonchev–Trinajstić information content (AvgIpc) is 2.83. The van der Waals surface area contributed by atoms with E-state index in [1.165, 1.54) is 70.3 Å². The minimum absolute atomic E-state index is 0.342. The molecule has 0 aromatic heterocycles. The number of esters is 1. The molecule has 1 unspecified atom stereocenters. The number of rotatable bonds is 16. The summed E-state index contributed by atoms with van der Waals surface area (Å²) in [5.74, 6) is -1.66. The average molecular weight is 451 g/mol. The van der Waals surface area contributed by atoms with Crippen LogP contribution in [0.3, 0.4) is 0 Å². The van der Waals surface area contributed by atoms with Crippen molar-refractivity contribution in [3.8, 4) is 0 Å². The van der Waals surface area contributed by atoms with Gasteiger partial charge in [-0.25, -0.2) is 0 Å². The van der Waals surface area contributed by atoms with E-state index in [2.05, 4.69) is 6.92 Å². The predicted molar refractivity (Wildman–Crippen MR) is 133 cm³/mol. The smallest absolute Gasteiger partial charge is 0.303 e. The maximum atomic E-state index is 13.0. The van der Waals surface area contributed by atoms with Gasteiger partial charge in [0.2, 0.25) is 17.7 Å². The van der Waals surface area contributed by atoms with Gasteiger partial charge in [-0.3, -0.25) is 14.4 Å². The van der Waals surface area contributed by atoms with Crippen LogP contribution in [0.15, 0.2) is 54.6 Å². The Morgan fingerprint density at radius 2 is 1.15 bits per heavy atom. The normalized spacial score (nSPS) is 11.7. The van der Waals surface area contributed by atoms with E-state index in [0.29, 0.717) is 11.1 Å². The molecular formula is C29H38O4. The third-order valence-electron chi connectivity index (χ3n) is 5.88. The molecule has 0 saturated carbocycles. The molecule has 4 heteroatoms. The summed E-state index contributed by atoms with van der Waals surface area (Å²) in [4.78, 5) is 37.3. The van der Waals surface area contributed by atoms with E-state index in [1.54, 1.807) is 42.5 Å². The van der Waals surface area contributed by atoms with Gasteiger partial charge in [-0.05, 0) is 18.4 Å². The highest BCUT2D eigenvalue weighted by atomic mass is 16.5. The molecule has 4 nitrogen and oxygen atoms in total. The third kappa shape index (κ3) is 9.73. The highest BCUT2D eigenvalue weighted by Gasteiger charge is 2.31. The highest BCUT2D eigenvalue weighted by Crippen LogP contribution is 2.16. The number of carbonyl (C=O) groups excluding carboxylic acids is 3. The van der Waals surface area contributed by atoms with Crippen molar-refractivity contribution in [1.29, 1.82) is 0 Å². The van der Waals surface area contributed by atoms with E-state index < -0.39 is 23.6 Å². The molecule has 0 spiro atoms. The van der Waals surface area contributed by atoms with Gasteiger partial charge in [-0.1, -0.05) is 119 Å². The molecule has 0 aliphatic rings. The van der Waals surface area contributed by atoms with Crippen molar-refractivity contribution in [3.63, 3.8) is 0 Å². The molecule has 0 fully saturated rings. The Hall–Kier alpha value is -2.75. The molecule has 0 bridgehead atoms. The molecule has 33 heavy (non-hydrogen) atoms. The lowest BCUT2D eigenvalue weighted by Crippen LogP contribution is -2.34. The zero-order valence-electron chi connectivity index (χ0n) is 20.2. The van der Waals surface area contributed by atoms with Crippen LogP contribution in [0.2, 0.25) is 0 Å². The van der Waals surface area contributed by atoms with Gasteiger partial charge in [-0.15, -0.1) is 0 Å². The van der Waals surface area contributed by atoms with Gasteiger partial charge in [0, 0.05) is 18.1 Å². The Morgan fingerprint density at radius 3 is 1.67 bits per heavy atom. The van der Waals surface area contributed by atoms with Crippen LogP contribution in [-0.4, -0.2) is 23.6 Å². The summed E-state index contributed by atoms with van der Waals surface area (Å²) in [7, 11) is 0. The first-order valence-electron chi connectivity index (χ1n) is 12.4. The standard InChI is InChI=1S/C29H38O4/c1-3-4-5-6-7-8-9-10-11-13-16-24-19-21-26(22-20-24)28(32)29(33-23(2)30)27(31)25-17-14-12-15-18-25/h12,14-15,17-22,29H,3-11,13,16H2,1-2H3. The molecule has 0 N–H and O–H groups in total. The molecular weight excluding hydrogens is 412 g/mol. The quantitative estimate of drug-likeness (QED) is 0.118. The van der Waals surface area contributed by atoms with Gasteiger partial charge in [0.25, 0.3) is 0 Å². The molecule has 0 heterocycles. The van der Waals surface area contributed by atoms with E-state index in [9.17, 15) is 14.4 Å². The molecule has 0 aliphatic heterocycles. The number of ketones is 2. The molecule has 2 rings (SSSR count). The number of aryl methyl sites for hydroxylation is 1. The van der Waals surface area contributed by atoms with Gasteiger partial charge in [0.15, 0.2) is 0 Å². The van der Waals surface area contributed by atoms with Gasteiger partial charge >= 0.3 is 5.97 Å². The SMILES string of the molecule is CCCCCCCCCCCCc1ccc(C(=O)C(OC(C)=O)C(=O)c2ccccc2)cc1. The summed E-state index contributed by atoms with van der Waals surface area (Å²) in [6.07, 6.45) is 12.5. The lowest BCUT2D eigenvalue weighted by atomic mass is 9.97. The van der Waals surface area contributed by atoms with Crippen LogP contribution in [0, 0.1) is 0 Å². The monoisotopic (exact) mass is 450 g/mol. The fourth-order valence-corrected chi connectivity index (χ4v) is 3.95. The maximum Gasteiger partial charge on any atom is 0.303 e. The first-order chi connectivity index (χ1) is 16.0.